The van der Waals surface area contributed by atoms with Gasteiger partial charge in [-0.25, -0.2) is 13.4 Å². The second-order valence-electron chi connectivity index (χ2n) is 3.72. The van der Waals surface area contributed by atoms with Crippen LogP contribution in [0.1, 0.15) is 15.4 Å². The summed E-state index contributed by atoms with van der Waals surface area (Å²) in [5.74, 6) is -0.625. The number of anilines is 1. The average molecular weight is 297 g/mol. The van der Waals surface area contributed by atoms with E-state index in [2.05, 4.69) is 9.71 Å². The number of rotatable bonds is 4. The SMILES string of the molecule is Cc1nc(NS(=O)(=O)c2ccccc2)sc1C(N)=O. The number of sulfonamides is 1. The van der Waals surface area contributed by atoms with E-state index in [-0.39, 0.29) is 14.9 Å². The second-order valence-corrected chi connectivity index (χ2v) is 6.40. The molecule has 0 aliphatic heterocycles. The van der Waals surface area contributed by atoms with E-state index < -0.39 is 15.9 Å². The molecule has 1 heterocycles. The summed E-state index contributed by atoms with van der Waals surface area (Å²) in [7, 11) is -3.70. The highest BCUT2D eigenvalue weighted by molar-refractivity contribution is 7.93. The maximum absolute atomic E-state index is 12.0. The van der Waals surface area contributed by atoms with E-state index in [4.69, 9.17) is 5.73 Å². The molecule has 1 aromatic heterocycles. The highest BCUT2D eigenvalue weighted by Gasteiger charge is 2.18. The van der Waals surface area contributed by atoms with Gasteiger partial charge >= 0.3 is 0 Å². The monoisotopic (exact) mass is 297 g/mol. The van der Waals surface area contributed by atoms with Crippen molar-refractivity contribution in [3.05, 3.63) is 40.9 Å². The van der Waals surface area contributed by atoms with Crippen molar-refractivity contribution < 1.29 is 13.2 Å². The molecule has 0 bridgehead atoms. The van der Waals surface area contributed by atoms with Gasteiger partial charge in [0.15, 0.2) is 5.13 Å². The Balaban J connectivity index is 2.31. The van der Waals surface area contributed by atoms with Crippen molar-refractivity contribution in [2.75, 3.05) is 4.72 Å². The zero-order valence-electron chi connectivity index (χ0n) is 9.95. The van der Waals surface area contributed by atoms with E-state index in [1.807, 2.05) is 0 Å². The number of hydrogen-bond acceptors (Lipinski definition) is 5. The van der Waals surface area contributed by atoms with Crippen molar-refractivity contribution in [1.82, 2.24) is 4.98 Å². The molecule has 0 saturated carbocycles. The van der Waals surface area contributed by atoms with Crippen molar-refractivity contribution in [3.63, 3.8) is 0 Å². The Morgan fingerprint density at radius 3 is 2.47 bits per heavy atom. The first-order valence-corrected chi connectivity index (χ1v) is 7.55. The van der Waals surface area contributed by atoms with Crippen molar-refractivity contribution in [1.29, 1.82) is 0 Å². The molecule has 8 heteroatoms. The number of aromatic nitrogens is 1. The molecule has 0 atom stereocenters. The smallest absolute Gasteiger partial charge is 0.263 e. The lowest BCUT2D eigenvalue weighted by Crippen LogP contribution is -2.12. The maximum Gasteiger partial charge on any atom is 0.263 e. The normalized spacial score (nSPS) is 11.2. The van der Waals surface area contributed by atoms with E-state index >= 15 is 0 Å². The zero-order chi connectivity index (χ0) is 14.0. The van der Waals surface area contributed by atoms with Crippen LogP contribution in [0.3, 0.4) is 0 Å². The molecular weight excluding hydrogens is 286 g/mol. The second kappa shape index (κ2) is 4.98. The van der Waals surface area contributed by atoms with Gasteiger partial charge in [-0.1, -0.05) is 29.5 Å². The number of hydrogen-bond donors (Lipinski definition) is 2. The number of carbonyl (C=O) groups is 1. The fraction of sp³-hybridized carbons (Fsp3) is 0.0909. The lowest BCUT2D eigenvalue weighted by Gasteiger charge is -2.04. The molecule has 0 radical (unpaired) electrons. The van der Waals surface area contributed by atoms with Crippen LogP contribution >= 0.6 is 11.3 Å². The molecular formula is C11H11N3O3S2. The largest absolute Gasteiger partial charge is 0.365 e. The minimum Gasteiger partial charge on any atom is -0.365 e. The molecule has 1 aromatic carbocycles. The zero-order valence-corrected chi connectivity index (χ0v) is 11.6. The number of nitrogens with one attached hydrogen (secondary N) is 1. The summed E-state index contributed by atoms with van der Waals surface area (Å²) >= 11 is 0.913. The predicted molar refractivity (Wildman–Crippen MR) is 72.6 cm³/mol. The lowest BCUT2D eigenvalue weighted by molar-refractivity contribution is 0.100. The summed E-state index contributed by atoms with van der Waals surface area (Å²) in [6, 6.07) is 7.90. The van der Waals surface area contributed by atoms with Gasteiger partial charge in [-0.05, 0) is 19.1 Å². The topological polar surface area (TPSA) is 102 Å². The Morgan fingerprint density at radius 2 is 1.95 bits per heavy atom. The van der Waals surface area contributed by atoms with Crippen molar-refractivity contribution in [3.8, 4) is 0 Å². The highest BCUT2D eigenvalue weighted by atomic mass is 32.2. The van der Waals surface area contributed by atoms with Gasteiger partial charge in [0.1, 0.15) is 4.88 Å². The minimum atomic E-state index is -3.70. The van der Waals surface area contributed by atoms with Crippen molar-refractivity contribution >= 4 is 32.4 Å². The third kappa shape index (κ3) is 2.91. The van der Waals surface area contributed by atoms with Crippen molar-refractivity contribution in [2.45, 2.75) is 11.8 Å². The molecule has 19 heavy (non-hydrogen) atoms. The van der Waals surface area contributed by atoms with E-state index in [1.54, 1.807) is 25.1 Å². The standard InChI is InChI=1S/C11H11N3O3S2/c1-7-9(10(12)15)18-11(13-7)14-19(16,17)8-5-3-2-4-6-8/h2-6H,1H3,(H2,12,15)(H,13,14). The molecule has 100 valence electrons. The van der Waals surface area contributed by atoms with Crippen LogP contribution in [0.5, 0.6) is 0 Å². The Morgan fingerprint density at radius 1 is 1.32 bits per heavy atom. The van der Waals surface area contributed by atoms with Gasteiger partial charge in [0.25, 0.3) is 15.9 Å². The van der Waals surface area contributed by atoms with Gasteiger partial charge in [0.2, 0.25) is 0 Å². The molecule has 0 aliphatic rings. The molecule has 0 unspecified atom stereocenters. The number of benzene rings is 1. The first kappa shape index (κ1) is 13.5. The van der Waals surface area contributed by atoms with Crippen molar-refractivity contribution in [2.24, 2.45) is 5.73 Å². The Hall–Kier alpha value is -1.93. The third-order valence-corrected chi connectivity index (χ3v) is 4.87. The molecule has 0 saturated heterocycles. The molecule has 3 N–H and O–H groups in total. The summed E-state index contributed by atoms with van der Waals surface area (Å²) in [4.78, 5) is 15.4. The van der Waals surface area contributed by atoms with Crippen LogP contribution in [-0.2, 0) is 10.0 Å². The van der Waals surface area contributed by atoms with Crippen LogP contribution in [0.15, 0.2) is 35.2 Å². The molecule has 1 amide bonds. The first-order valence-electron chi connectivity index (χ1n) is 5.25. The maximum atomic E-state index is 12.0. The van der Waals surface area contributed by atoms with Gasteiger partial charge in [-0.3, -0.25) is 9.52 Å². The fourth-order valence-electron chi connectivity index (χ4n) is 1.44. The Bertz CT molecular complexity index is 708. The van der Waals surface area contributed by atoms with E-state index in [1.165, 1.54) is 12.1 Å². The van der Waals surface area contributed by atoms with Crippen LogP contribution in [0.2, 0.25) is 0 Å². The Labute approximate surface area is 114 Å². The number of thiazole rings is 1. The van der Waals surface area contributed by atoms with Crippen LogP contribution in [0.4, 0.5) is 5.13 Å². The number of primary amides is 1. The number of amides is 1. The quantitative estimate of drug-likeness (QED) is 0.889. The summed E-state index contributed by atoms with van der Waals surface area (Å²) < 4.78 is 26.4. The average Bonchev–Trinajstić information content (AvgIpc) is 2.71. The Kier molecular flexibility index (Phi) is 3.54. The molecule has 0 aliphatic carbocycles. The van der Waals surface area contributed by atoms with E-state index in [0.29, 0.717) is 5.69 Å². The first-order chi connectivity index (χ1) is 8.90. The number of nitrogens with two attached hydrogens (primary N) is 1. The van der Waals surface area contributed by atoms with E-state index in [0.717, 1.165) is 11.3 Å². The van der Waals surface area contributed by atoms with Crippen LogP contribution in [0, 0.1) is 6.92 Å². The fourth-order valence-corrected chi connectivity index (χ4v) is 3.52. The summed E-state index contributed by atoms with van der Waals surface area (Å²) in [5.41, 5.74) is 5.56. The van der Waals surface area contributed by atoms with Crippen LogP contribution in [0.25, 0.3) is 0 Å². The molecule has 2 aromatic rings. The third-order valence-electron chi connectivity index (χ3n) is 2.30. The molecule has 6 nitrogen and oxygen atoms in total. The van der Waals surface area contributed by atoms with Gasteiger partial charge in [-0.15, -0.1) is 0 Å². The van der Waals surface area contributed by atoms with E-state index in [9.17, 15) is 13.2 Å². The number of aryl methyl sites for hydroxylation is 1. The molecule has 2 rings (SSSR count). The lowest BCUT2D eigenvalue weighted by atomic mass is 10.4. The van der Waals surface area contributed by atoms with Gasteiger partial charge in [0, 0.05) is 0 Å². The summed E-state index contributed by atoms with van der Waals surface area (Å²) in [6.45, 7) is 1.59. The number of nitrogens with zero attached hydrogens (tertiary/aromatic N) is 1. The van der Waals surface area contributed by atoms with Gasteiger partial charge in [0.05, 0.1) is 10.6 Å². The van der Waals surface area contributed by atoms with Gasteiger partial charge < -0.3 is 5.73 Å². The summed E-state index contributed by atoms with van der Waals surface area (Å²) in [6.07, 6.45) is 0. The number of carbonyl (C=O) groups excluding carboxylic acids is 1. The van der Waals surface area contributed by atoms with Gasteiger partial charge in [-0.2, -0.15) is 0 Å². The van der Waals surface area contributed by atoms with Crippen LogP contribution < -0.4 is 10.5 Å². The molecule has 0 spiro atoms. The highest BCUT2D eigenvalue weighted by Crippen LogP contribution is 2.24. The minimum absolute atomic E-state index is 0.121. The predicted octanol–water partition coefficient (Wildman–Crippen LogP) is 1.35. The molecule has 0 fully saturated rings. The summed E-state index contributed by atoms with van der Waals surface area (Å²) in [5, 5.41) is 0.121. The van der Waals surface area contributed by atoms with Crippen LogP contribution in [-0.4, -0.2) is 19.3 Å².